The summed E-state index contributed by atoms with van der Waals surface area (Å²) in [5.74, 6) is -0.673. The molecule has 0 fully saturated rings. The summed E-state index contributed by atoms with van der Waals surface area (Å²) >= 11 is 0. The predicted octanol–water partition coefficient (Wildman–Crippen LogP) is -0.0475. The minimum atomic E-state index is -0.979. The topological polar surface area (TPSA) is 108 Å². The largest absolute Gasteiger partial charge is 0.503 e. The molecule has 0 heterocycles. The molecular formula is C12H17NO6. The van der Waals surface area contributed by atoms with E-state index in [1.54, 1.807) is 0 Å². The van der Waals surface area contributed by atoms with E-state index >= 15 is 0 Å². The van der Waals surface area contributed by atoms with Gasteiger partial charge in [-0.2, -0.15) is 0 Å². The molecule has 0 saturated carbocycles. The van der Waals surface area contributed by atoms with Crippen LogP contribution < -0.4 is 10.1 Å². The smallest absolute Gasteiger partial charge is 0.338 e. The highest BCUT2D eigenvalue weighted by atomic mass is 16.5. The molecule has 0 aliphatic rings. The zero-order valence-corrected chi connectivity index (χ0v) is 10.7. The maximum Gasteiger partial charge on any atom is 0.338 e. The van der Waals surface area contributed by atoms with E-state index in [0.29, 0.717) is 0 Å². The van der Waals surface area contributed by atoms with Crippen molar-refractivity contribution in [2.75, 3.05) is 32.7 Å². The van der Waals surface area contributed by atoms with Gasteiger partial charge in [0.2, 0.25) is 0 Å². The van der Waals surface area contributed by atoms with Gasteiger partial charge in [-0.05, 0) is 12.1 Å². The Balaban J connectivity index is 3.04. The van der Waals surface area contributed by atoms with Gasteiger partial charge in [-0.3, -0.25) is 0 Å². The van der Waals surface area contributed by atoms with Crippen LogP contribution in [-0.4, -0.2) is 54.8 Å². The summed E-state index contributed by atoms with van der Waals surface area (Å²) in [7, 11) is 2.59. The minimum Gasteiger partial charge on any atom is -0.503 e. The van der Waals surface area contributed by atoms with E-state index in [0.717, 1.165) is 0 Å². The van der Waals surface area contributed by atoms with Gasteiger partial charge in [0.1, 0.15) is 0 Å². The van der Waals surface area contributed by atoms with Crippen molar-refractivity contribution in [1.29, 1.82) is 0 Å². The first-order chi connectivity index (χ1) is 9.03. The third kappa shape index (κ3) is 3.73. The van der Waals surface area contributed by atoms with Gasteiger partial charge < -0.3 is 30.1 Å². The summed E-state index contributed by atoms with van der Waals surface area (Å²) in [6, 6.07) is 2.71. The Labute approximate surface area is 110 Å². The number of phenols is 1. The number of methoxy groups -OCH3 is 2. The summed E-state index contributed by atoms with van der Waals surface area (Å²) in [6.07, 6.45) is -0.979. The number of rotatable bonds is 6. The van der Waals surface area contributed by atoms with Gasteiger partial charge in [-0.1, -0.05) is 0 Å². The van der Waals surface area contributed by atoms with E-state index in [1.807, 2.05) is 0 Å². The Morgan fingerprint density at radius 3 is 2.63 bits per heavy atom. The molecule has 4 N–H and O–H groups in total. The number of carbonyl (C=O) groups excluding carboxylic acids is 1. The number of ether oxygens (including phenoxy) is 2. The van der Waals surface area contributed by atoms with Crippen molar-refractivity contribution in [3.63, 3.8) is 0 Å². The fourth-order valence-corrected chi connectivity index (χ4v) is 1.43. The maximum atomic E-state index is 11.5. The van der Waals surface area contributed by atoms with Crippen LogP contribution in [0, 0.1) is 0 Å². The number of nitrogens with one attached hydrogen (secondary N) is 1. The molecule has 1 aromatic carbocycles. The second-order valence-corrected chi connectivity index (χ2v) is 3.78. The van der Waals surface area contributed by atoms with Crippen LogP contribution in [0.4, 0.5) is 5.69 Å². The van der Waals surface area contributed by atoms with E-state index in [-0.39, 0.29) is 29.3 Å². The lowest BCUT2D eigenvalue weighted by Crippen LogP contribution is -2.23. The zero-order valence-electron chi connectivity index (χ0n) is 10.7. The predicted molar refractivity (Wildman–Crippen MR) is 67.6 cm³/mol. The van der Waals surface area contributed by atoms with Crippen LogP contribution in [0.25, 0.3) is 0 Å². The van der Waals surface area contributed by atoms with Gasteiger partial charge in [0, 0.05) is 6.54 Å². The summed E-state index contributed by atoms with van der Waals surface area (Å²) in [4.78, 5) is 11.5. The summed E-state index contributed by atoms with van der Waals surface area (Å²) < 4.78 is 9.53. The van der Waals surface area contributed by atoms with E-state index in [9.17, 15) is 15.0 Å². The Bertz CT molecular complexity index is 448. The van der Waals surface area contributed by atoms with E-state index in [2.05, 4.69) is 10.1 Å². The third-order valence-electron chi connectivity index (χ3n) is 2.45. The number of phenolic OH excluding ortho intramolecular Hbond substituents is 1. The van der Waals surface area contributed by atoms with Crippen LogP contribution in [-0.2, 0) is 4.74 Å². The monoisotopic (exact) mass is 271 g/mol. The van der Waals surface area contributed by atoms with Crippen molar-refractivity contribution in [1.82, 2.24) is 0 Å². The SMILES string of the molecule is COC(=O)c1cc(NCC(O)CO)c(O)c(OC)c1. The molecule has 7 heteroatoms. The van der Waals surface area contributed by atoms with Crippen LogP contribution in [0.3, 0.4) is 0 Å². The molecule has 7 nitrogen and oxygen atoms in total. The van der Waals surface area contributed by atoms with Crippen LogP contribution in [0.15, 0.2) is 12.1 Å². The number of hydrogen-bond acceptors (Lipinski definition) is 7. The van der Waals surface area contributed by atoms with Crippen molar-refractivity contribution in [3.8, 4) is 11.5 Å². The standard InChI is InChI=1S/C12H17NO6/c1-18-10-4-7(12(17)19-2)3-9(11(10)16)13-5-8(15)6-14/h3-4,8,13-16H,5-6H2,1-2H3. The molecular weight excluding hydrogens is 254 g/mol. The van der Waals surface area contributed by atoms with Gasteiger partial charge >= 0.3 is 5.97 Å². The highest BCUT2D eigenvalue weighted by Gasteiger charge is 2.15. The lowest BCUT2D eigenvalue weighted by molar-refractivity contribution is 0.0600. The normalized spacial score (nSPS) is 11.8. The molecule has 0 aliphatic carbocycles. The first-order valence-corrected chi connectivity index (χ1v) is 5.55. The summed E-state index contributed by atoms with van der Waals surface area (Å²) in [6.45, 7) is -0.403. The number of hydrogen-bond donors (Lipinski definition) is 4. The van der Waals surface area contributed by atoms with Gasteiger partial charge in [0.05, 0.1) is 38.2 Å². The van der Waals surface area contributed by atoms with Crippen molar-refractivity contribution in [2.24, 2.45) is 0 Å². The molecule has 0 aliphatic heterocycles. The summed E-state index contributed by atoms with van der Waals surface area (Å²) in [5, 5.41) is 30.5. The number of anilines is 1. The van der Waals surface area contributed by atoms with Crippen molar-refractivity contribution in [2.45, 2.75) is 6.10 Å². The lowest BCUT2D eigenvalue weighted by Gasteiger charge is -2.14. The highest BCUT2D eigenvalue weighted by molar-refractivity contribution is 5.92. The summed E-state index contributed by atoms with van der Waals surface area (Å²) in [5.41, 5.74) is 0.394. The Hall–Kier alpha value is -1.99. The Morgan fingerprint density at radius 2 is 2.11 bits per heavy atom. The number of benzene rings is 1. The second kappa shape index (κ2) is 6.81. The molecule has 0 radical (unpaired) electrons. The highest BCUT2D eigenvalue weighted by Crippen LogP contribution is 2.35. The fourth-order valence-electron chi connectivity index (χ4n) is 1.43. The Kier molecular flexibility index (Phi) is 5.40. The molecule has 0 amide bonds. The first kappa shape index (κ1) is 15.1. The van der Waals surface area contributed by atoms with Crippen LogP contribution in [0.5, 0.6) is 11.5 Å². The molecule has 0 spiro atoms. The average molecular weight is 271 g/mol. The fraction of sp³-hybridized carbons (Fsp3) is 0.417. The third-order valence-corrected chi connectivity index (χ3v) is 2.45. The Morgan fingerprint density at radius 1 is 1.42 bits per heavy atom. The number of aromatic hydroxyl groups is 1. The second-order valence-electron chi connectivity index (χ2n) is 3.78. The molecule has 19 heavy (non-hydrogen) atoms. The van der Waals surface area contributed by atoms with Gasteiger partial charge in [0.25, 0.3) is 0 Å². The number of esters is 1. The van der Waals surface area contributed by atoms with Crippen LogP contribution in [0.2, 0.25) is 0 Å². The van der Waals surface area contributed by atoms with Crippen molar-refractivity contribution < 1.29 is 29.6 Å². The molecule has 106 valence electrons. The van der Waals surface area contributed by atoms with Gasteiger partial charge in [-0.15, -0.1) is 0 Å². The lowest BCUT2D eigenvalue weighted by atomic mass is 10.1. The molecule has 1 rings (SSSR count). The molecule has 1 unspecified atom stereocenters. The van der Waals surface area contributed by atoms with Crippen molar-refractivity contribution in [3.05, 3.63) is 17.7 Å². The molecule has 0 aromatic heterocycles. The first-order valence-electron chi connectivity index (χ1n) is 5.55. The number of carbonyl (C=O) groups is 1. The molecule has 0 bridgehead atoms. The van der Waals surface area contributed by atoms with Crippen LogP contribution in [0.1, 0.15) is 10.4 Å². The van der Waals surface area contributed by atoms with E-state index < -0.39 is 18.7 Å². The number of aliphatic hydroxyl groups is 2. The van der Waals surface area contributed by atoms with E-state index in [1.165, 1.54) is 26.4 Å². The average Bonchev–Trinajstić information content (AvgIpc) is 2.44. The van der Waals surface area contributed by atoms with E-state index in [4.69, 9.17) is 9.84 Å². The van der Waals surface area contributed by atoms with Crippen molar-refractivity contribution >= 4 is 11.7 Å². The maximum absolute atomic E-state index is 11.5. The molecule has 1 aromatic rings. The minimum absolute atomic E-state index is 0.0117. The van der Waals surface area contributed by atoms with Gasteiger partial charge in [-0.25, -0.2) is 4.79 Å². The zero-order chi connectivity index (χ0) is 14.4. The quantitative estimate of drug-likeness (QED) is 0.424. The van der Waals surface area contributed by atoms with Crippen LogP contribution >= 0.6 is 0 Å². The van der Waals surface area contributed by atoms with Gasteiger partial charge in [0.15, 0.2) is 11.5 Å². The number of aliphatic hydroxyl groups excluding tert-OH is 2. The molecule has 1 atom stereocenters. The molecule has 0 saturated heterocycles.